The summed E-state index contributed by atoms with van der Waals surface area (Å²) >= 11 is 0. The summed E-state index contributed by atoms with van der Waals surface area (Å²) in [6.45, 7) is 3.49. The molecule has 0 spiro atoms. The molecule has 0 radical (unpaired) electrons. The Morgan fingerprint density at radius 2 is 1.08 bits per heavy atom. The van der Waals surface area contributed by atoms with Gasteiger partial charge >= 0.3 is 19.8 Å². The highest BCUT2D eigenvalue weighted by Crippen LogP contribution is 2.43. The molecule has 0 heterocycles. The van der Waals surface area contributed by atoms with Crippen LogP contribution in [0, 0.1) is 0 Å². The number of esters is 2. The lowest BCUT2D eigenvalue weighted by Gasteiger charge is -2.19. The molecule has 0 bridgehead atoms. The van der Waals surface area contributed by atoms with E-state index in [2.05, 4.69) is 86.8 Å². The topological polar surface area (TPSA) is 134 Å². The summed E-state index contributed by atoms with van der Waals surface area (Å²) in [6, 6.07) is 0. The minimum absolute atomic E-state index is 0.0413. The van der Waals surface area contributed by atoms with E-state index in [1.54, 1.807) is 0 Å². The average Bonchev–Trinajstić information content (AvgIpc) is 3.11. The second-order valence-corrected chi connectivity index (χ2v) is 13.9. The van der Waals surface area contributed by atoms with Crippen molar-refractivity contribution in [1.82, 2.24) is 0 Å². The number of phosphoric ester groups is 1. The van der Waals surface area contributed by atoms with Gasteiger partial charge in [-0.05, 0) is 83.5 Å². The Balaban J connectivity index is 4.33. The molecule has 51 heavy (non-hydrogen) atoms. The van der Waals surface area contributed by atoms with Gasteiger partial charge in [0.1, 0.15) is 6.61 Å². The van der Waals surface area contributed by atoms with Gasteiger partial charge in [-0.2, -0.15) is 0 Å². The number of carbonyl (C=O) groups excluding carboxylic acids is 2. The zero-order valence-corrected chi connectivity index (χ0v) is 32.7. The van der Waals surface area contributed by atoms with Gasteiger partial charge < -0.3 is 20.1 Å². The van der Waals surface area contributed by atoms with Crippen LogP contribution in [0.25, 0.3) is 0 Å². The maximum Gasteiger partial charge on any atom is 0.472 e. The van der Waals surface area contributed by atoms with Crippen LogP contribution in [-0.2, 0) is 32.7 Å². The first-order valence-electron chi connectivity index (χ1n) is 19.4. The highest BCUT2D eigenvalue weighted by atomic mass is 31.2. The summed E-state index contributed by atoms with van der Waals surface area (Å²) < 4.78 is 32.6. The molecule has 0 aromatic carbocycles. The van der Waals surface area contributed by atoms with Crippen molar-refractivity contribution in [3.63, 3.8) is 0 Å². The summed E-state index contributed by atoms with van der Waals surface area (Å²) in [5, 5.41) is 0. The molecule has 0 aromatic rings. The number of unbranched alkanes of at least 4 members (excludes halogenated alkanes) is 10. The molecule has 0 saturated carbocycles. The first-order chi connectivity index (χ1) is 24.8. The maximum absolute atomic E-state index is 12.5. The molecule has 2 atom stereocenters. The second-order valence-electron chi connectivity index (χ2n) is 12.4. The highest BCUT2D eigenvalue weighted by molar-refractivity contribution is 7.47. The van der Waals surface area contributed by atoms with Crippen molar-refractivity contribution >= 4 is 19.8 Å². The first-order valence-corrected chi connectivity index (χ1v) is 20.9. The summed E-state index contributed by atoms with van der Waals surface area (Å²) in [7, 11) is -4.39. The summed E-state index contributed by atoms with van der Waals surface area (Å²) in [5.74, 6) is -0.902. The van der Waals surface area contributed by atoms with E-state index in [0.29, 0.717) is 12.8 Å². The number of rotatable bonds is 35. The fraction of sp³-hybridized carbons (Fsp3) is 0.659. The van der Waals surface area contributed by atoms with Crippen molar-refractivity contribution in [2.75, 3.05) is 26.4 Å². The van der Waals surface area contributed by atoms with E-state index in [9.17, 15) is 19.0 Å². The van der Waals surface area contributed by atoms with Gasteiger partial charge in [0.25, 0.3) is 0 Å². The SMILES string of the molecule is CC/C=C/C/C=C/C/C=C/CCCCCCCC(=O)O[C@H](COC(=O)CCCC/C=C/C/C=C/C/C=C/CCCCC)COP(=O)(O)OCCN. The minimum Gasteiger partial charge on any atom is -0.462 e. The van der Waals surface area contributed by atoms with Crippen molar-refractivity contribution in [3.05, 3.63) is 72.9 Å². The van der Waals surface area contributed by atoms with E-state index in [1.807, 2.05) is 0 Å². The lowest BCUT2D eigenvalue weighted by atomic mass is 10.1. The van der Waals surface area contributed by atoms with Crippen LogP contribution >= 0.6 is 7.82 Å². The van der Waals surface area contributed by atoms with Gasteiger partial charge in [0.2, 0.25) is 0 Å². The molecule has 0 amide bonds. The molecule has 0 aliphatic heterocycles. The summed E-state index contributed by atoms with van der Waals surface area (Å²) in [5.41, 5.74) is 5.33. The fourth-order valence-corrected chi connectivity index (χ4v) is 5.48. The summed E-state index contributed by atoms with van der Waals surface area (Å²) in [4.78, 5) is 34.7. The number of ether oxygens (including phenoxy) is 2. The third-order valence-electron chi connectivity index (χ3n) is 7.58. The van der Waals surface area contributed by atoms with Crippen LogP contribution in [-0.4, -0.2) is 49.3 Å². The van der Waals surface area contributed by atoms with E-state index in [4.69, 9.17) is 24.3 Å². The first kappa shape index (κ1) is 48.5. The van der Waals surface area contributed by atoms with Crippen LogP contribution in [0.5, 0.6) is 0 Å². The largest absolute Gasteiger partial charge is 0.472 e. The van der Waals surface area contributed by atoms with Crippen LogP contribution in [0.2, 0.25) is 0 Å². The molecule has 3 N–H and O–H groups in total. The quantitative estimate of drug-likeness (QED) is 0.0282. The Morgan fingerprint density at radius 1 is 0.608 bits per heavy atom. The van der Waals surface area contributed by atoms with E-state index in [1.165, 1.54) is 19.3 Å². The van der Waals surface area contributed by atoms with Gasteiger partial charge in [0.05, 0.1) is 13.2 Å². The molecule has 0 rings (SSSR count). The molecule has 9 nitrogen and oxygen atoms in total. The van der Waals surface area contributed by atoms with Gasteiger partial charge in [-0.1, -0.05) is 119 Å². The van der Waals surface area contributed by atoms with Crippen molar-refractivity contribution in [2.24, 2.45) is 5.73 Å². The Kier molecular flexibility index (Phi) is 35.4. The van der Waals surface area contributed by atoms with Gasteiger partial charge in [0.15, 0.2) is 6.10 Å². The normalized spacial score (nSPS) is 14.2. The van der Waals surface area contributed by atoms with Crippen LogP contribution < -0.4 is 5.73 Å². The standard InChI is InChI=1S/C41H70NO8P/c1-3-5-7-9-11-13-15-17-19-21-23-25-27-29-31-33-40(43)47-37-39(38-49-51(45,46)48-36-35-42)50-41(44)34-32-30-28-26-24-22-20-18-16-14-12-10-8-6-4-2/h6,8,11-14,17-20,23,25,39H,3-5,7,9-10,15-16,21-22,24,26-38,42H2,1-2H3,(H,45,46)/b8-6+,13-11+,14-12+,19-17+,20-18+,25-23+/t39-/m1/s1. The number of phosphoric acid groups is 1. The predicted octanol–water partition coefficient (Wildman–Crippen LogP) is 10.7. The smallest absolute Gasteiger partial charge is 0.462 e. The predicted molar refractivity (Wildman–Crippen MR) is 210 cm³/mol. The molecular weight excluding hydrogens is 665 g/mol. The molecule has 0 aliphatic rings. The second kappa shape index (κ2) is 37.2. The Morgan fingerprint density at radius 3 is 1.65 bits per heavy atom. The Hall–Kier alpha value is -2.55. The van der Waals surface area contributed by atoms with Gasteiger partial charge in [0, 0.05) is 19.4 Å². The molecular formula is C41H70NO8P. The fourth-order valence-electron chi connectivity index (χ4n) is 4.71. The molecule has 10 heteroatoms. The maximum atomic E-state index is 12.5. The zero-order chi connectivity index (χ0) is 37.5. The van der Waals surface area contributed by atoms with E-state index in [0.717, 1.165) is 83.5 Å². The number of hydrogen-bond donors (Lipinski definition) is 2. The van der Waals surface area contributed by atoms with Crippen molar-refractivity contribution in [1.29, 1.82) is 0 Å². The minimum atomic E-state index is -4.39. The molecule has 292 valence electrons. The van der Waals surface area contributed by atoms with Crippen molar-refractivity contribution in [3.8, 4) is 0 Å². The summed E-state index contributed by atoms with van der Waals surface area (Å²) in [6.07, 6.45) is 43.6. The third kappa shape index (κ3) is 37.0. The molecule has 0 aliphatic carbocycles. The van der Waals surface area contributed by atoms with Gasteiger partial charge in [-0.3, -0.25) is 18.6 Å². The zero-order valence-electron chi connectivity index (χ0n) is 31.8. The lowest BCUT2D eigenvalue weighted by Crippen LogP contribution is -2.29. The van der Waals surface area contributed by atoms with Crippen molar-refractivity contribution < 1.29 is 37.6 Å². The third-order valence-corrected chi connectivity index (χ3v) is 8.56. The Labute approximate surface area is 310 Å². The Bertz CT molecular complexity index is 1070. The van der Waals surface area contributed by atoms with Crippen LogP contribution in [0.3, 0.4) is 0 Å². The monoisotopic (exact) mass is 735 g/mol. The number of allylic oxidation sites excluding steroid dienone is 12. The van der Waals surface area contributed by atoms with Crippen LogP contribution in [0.4, 0.5) is 0 Å². The van der Waals surface area contributed by atoms with E-state index < -0.39 is 32.5 Å². The van der Waals surface area contributed by atoms with Gasteiger partial charge in [-0.25, -0.2) is 4.57 Å². The number of carbonyl (C=O) groups is 2. The van der Waals surface area contributed by atoms with E-state index >= 15 is 0 Å². The molecule has 1 unspecified atom stereocenters. The van der Waals surface area contributed by atoms with Crippen LogP contribution in [0.15, 0.2) is 72.9 Å². The number of nitrogens with two attached hydrogens (primary N) is 1. The molecule has 0 aromatic heterocycles. The lowest BCUT2D eigenvalue weighted by molar-refractivity contribution is -0.161. The highest BCUT2D eigenvalue weighted by Gasteiger charge is 2.25. The van der Waals surface area contributed by atoms with Gasteiger partial charge in [-0.15, -0.1) is 0 Å². The van der Waals surface area contributed by atoms with Crippen LogP contribution in [0.1, 0.15) is 142 Å². The number of hydrogen-bond acceptors (Lipinski definition) is 8. The average molecular weight is 736 g/mol. The molecule has 0 saturated heterocycles. The van der Waals surface area contributed by atoms with E-state index in [-0.39, 0.29) is 32.6 Å². The van der Waals surface area contributed by atoms with Crippen molar-refractivity contribution in [2.45, 2.75) is 148 Å². The molecule has 0 fully saturated rings.